The minimum Gasteiger partial charge on any atom is -0.294 e. The third-order valence-electron chi connectivity index (χ3n) is 2.35. The van der Waals surface area contributed by atoms with Gasteiger partial charge in [0, 0.05) is 10.4 Å². The summed E-state index contributed by atoms with van der Waals surface area (Å²) in [5.41, 5.74) is 2.98. The van der Waals surface area contributed by atoms with Gasteiger partial charge in [-0.25, -0.2) is 0 Å². The molecule has 0 radical (unpaired) electrons. The molecule has 0 fully saturated rings. The SMILES string of the molecule is CC(=O)c1ccccc1-c1csc(C)c1. The van der Waals surface area contributed by atoms with Crippen LogP contribution in [0.25, 0.3) is 11.1 Å². The lowest BCUT2D eigenvalue weighted by molar-refractivity contribution is 0.101. The molecule has 15 heavy (non-hydrogen) atoms. The monoisotopic (exact) mass is 216 g/mol. The number of rotatable bonds is 2. The van der Waals surface area contributed by atoms with Crippen LogP contribution in [-0.4, -0.2) is 5.78 Å². The maximum absolute atomic E-state index is 11.4. The Morgan fingerprint density at radius 2 is 2.00 bits per heavy atom. The van der Waals surface area contributed by atoms with Crippen LogP contribution in [0.3, 0.4) is 0 Å². The van der Waals surface area contributed by atoms with E-state index in [4.69, 9.17) is 0 Å². The molecule has 0 unspecified atom stereocenters. The van der Waals surface area contributed by atoms with Crippen LogP contribution in [-0.2, 0) is 0 Å². The predicted octanol–water partition coefficient (Wildman–Crippen LogP) is 3.93. The molecule has 0 aliphatic heterocycles. The highest BCUT2D eigenvalue weighted by Gasteiger charge is 2.08. The molecule has 2 aromatic rings. The maximum atomic E-state index is 11.4. The fourth-order valence-electron chi connectivity index (χ4n) is 1.63. The highest BCUT2D eigenvalue weighted by molar-refractivity contribution is 7.10. The molecule has 0 N–H and O–H groups in total. The summed E-state index contributed by atoms with van der Waals surface area (Å²) in [6.45, 7) is 3.68. The van der Waals surface area contributed by atoms with Crippen molar-refractivity contribution in [3.05, 3.63) is 46.2 Å². The molecule has 2 heteroatoms. The third-order valence-corrected chi connectivity index (χ3v) is 3.21. The van der Waals surface area contributed by atoms with Crippen LogP contribution in [0.4, 0.5) is 0 Å². The minimum absolute atomic E-state index is 0.120. The maximum Gasteiger partial charge on any atom is 0.160 e. The molecule has 0 amide bonds. The number of Topliss-reactive ketones (excluding diaryl/α,β-unsaturated/α-hetero) is 1. The van der Waals surface area contributed by atoms with Crippen LogP contribution in [0, 0.1) is 6.92 Å². The van der Waals surface area contributed by atoms with Crippen molar-refractivity contribution in [2.75, 3.05) is 0 Å². The summed E-state index contributed by atoms with van der Waals surface area (Å²) in [4.78, 5) is 12.7. The Morgan fingerprint density at radius 3 is 2.60 bits per heavy atom. The largest absolute Gasteiger partial charge is 0.294 e. The number of ketones is 1. The molecule has 1 aromatic heterocycles. The van der Waals surface area contributed by atoms with Crippen molar-refractivity contribution in [1.29, 1.82) is 0 Å². The zero-order chi connectivity index (χ0) is 10.8. The summed E-state index contributed by atoms with van der Waals surface area (Å²) in [7, 11) is 0. The second kappa shape index (κ2) is 3.99. The quantitative estimate of drug-likeness (QED) is 0.695. The van der Waals surface area contributed by atoms with Gasteiger partial charge in [0.2, 0.25) is 0 Å². The Kier molecular flexibility index (Phi) is 2.69. The van der Waals surface area contributed by atoms with E-state index < -0.39 is 0 Å². The summed E-state index contributed by atoms with van der Waals surface area (Å²) in [5.74, 6) is 0.120. The summed E-state index contributed by atoms with van der Waals surface area (Å²) in [6.07, 6.45) is 0. The molecule has 1 heterocycles. The predicted molar refractivity (Wildman–Crippen MR) is 64.5 cm³/mol. The number of carbonyl (C=O) groups excluding carboxylic acids is 1. The first-order chi connectivity index (χ1) is 7.18. The highest BCUT2D eigenvalue weighted by atomic mass is 32.1. The fraction of sp³-hybridized carbons (Fsp3) is 0.154. The molecular weight excluding hydrogens is 204 g/mol. The molecule has 2 rings (SSSR count). The van der Waals surface area contributed by atoms with E-state index >= 15 is 0 Å². The van der Waals surface area contributed by atoms with Gasteiger partial charge < -0.3 is 0 Å². The van der Waals surface area contributed by atoms with E-state index in [2.05, 4.69) is 18.4 Å². The summed E-state index contributed by atoms with van der Waals surface area (Å²) >= 11 is 1.71. The Hall–Kier alpha value is -1.41. The van der Waals surface area contributed by atoms with Gasteiger partial charge in [-0.2, -0.15) is 0 Å². The Morgan fingerprint density at radius 1 is 1.27 bits per heavy atom. The molecule has 0 saturated heterocycles. The number of benzene rings is 1. The second-order valence-corrected chi connectivity index (χ2v) is 4.66. The fourth-order valence-corrected chi connectivity index (χ4v) is 2.33. The lowest BCUT2D eigenvalue weighted by atomic mass is 10.00. The van der Waals surface area contributed by atoms with E-state index in [0.717, 1.165) is 16.7 Å². The van der Waals surface area contributed by atoms with Gasteiger partial charge in [-0.05, 0) is 36.4 Å². The number of hydrogen-bond acceptors (Lipinski definition) is 2. The van der Waals surface area contributed by atoms with Gasteiger partial charge in [0.15, 0.2) is 5.78 Å². The topological polar surface area (TPSA) is 17.1 Å². The van der Waals surface area contributed by atoms with Crippen molar-refractivity contribution >= 4 is 17.1 Å². The Labute approximate surface area is 93.4 Å². The van der Waals surface area contributed by atoms with Gasteiger partial charge >= 0.3 is 0 Å². The van der Waals surface area contributed by atoms with Crippen LogP contribution < -0.4 is 0 Å². The van der Waals surface area contributed by atoms with Crippen LogP contribution in [0.15, 0.2) is 35.7 Å². The van der Waals surface area contributed by atoms with Gasteiger partial charge in [-0.3, -0.25) is 4.79 Å². The second-order valence-electron chi connectivity index (χ2n) is 3.55. The van der Waals surface area contributed by atoms with Crippen molar-refractivity contribution in [3.8, 4) is 11.1 Å². The molecule has 1 aromatic carbocycles. The van der Waals surface area contributed by atoms with E-state index in [0.29, 0.717) is 0 Å². The van der Waals surface area contributed by atoms with E-state index in [-0.39, 0.29) is 5.78 Å². The zero-order valence-electron chi connectivity index (χ0n) is 8.78. The number of aryl methyl sites for hydroxylation is 1. The first kappa shape index (κ1) is 10.1. The summed E-state index contributed by atoms with van der Waals surface area (Å²) in [5, 5.41) is 2.09. The molecular formula is C13H12OS. The average molecular weight is 216 g/mol. The standard InChI is InChI=1S/C13H12OS/c1-9-7-11(8-15-9)13-6-4-3-5-12(13)10(2)14/h3-8H,1-2H3. The van der Waals surface area contributed by atoms with Crippen molar-refractivity contribution in [1.82, 2.24) is 0 Å². The lowest BCUT2D eigenvalue weighted by Crippen LogP contribution is -1.94. The minimum atomic E-state index is 0.120. The number of thiophene rings is 1. The number of carbonyl (C=O) groups is 1. The van der Waals surface area contributed by atoms with Gasteiger partial charge in [0.1, 0.15) is 0 Å². The van der Waals surface area contributed by atoms with E-state index in [9.17, 15) is 4.79 Å². The molecule has 76 valence electrons. The van der Waals surface area contributed by atoms with Crippen molar-refractivity contribution < 1.29 is 4.79 Å². The van der Waals surface area contributed by atoms with E-state index in [1.807, 2.05) is 24.3 Å². The molecule has 0 atom stereocenters. The smallest absolute Gasteiger partial charge is 0.160 e. The number of hydrogen-bond donors (Lipinski definition) is 0. The molecule has 1 nitrogen and oxygen atoms in total. The van der Waals surface area contributed by atoms with Gasteiger partial charge in [0.25, 0.3) is 0 Å². The van der Waals surface area contributed by atoms with Crippen LogP contribution in [0.2, 0.25) is 0 Å². The van der Waals surface area contributed by atoms with Gasteiger partial charge in [0.05, 0.1) is 0 Å². The normalized spacial score (nSPS) is 10.3. The molecule has 0 saturated carbocycles. The van der Waals surface area contributed by atoms with Gasteiger partial charge in [-0.1, -0.05) is 24.3 Å². The Bertz CT molecular complexity index is 497. The van der Waals surface area contributed by atoms with Crippen LogP contribution in [0.5, 0.6) is 0 Å². The van der Waals surface area contributed by atoms with Crippen molar-refractivity contribution in [2.24, 2.45) is 0 Å². The summed E-state index contributed by atoms with van der Waals surface area (Å²) in [6, 6.07) is 9.86. The molecule has 0 aliphatic rings. The van der Waals surface area contributed by atoms with Crippen LogP contribution >= 0.6 is 11.3 Å². The van der Waals surface area contributed by atoms with Crippen molar-refractivity contribution in [3.63, 3.8) is 0 Å². The average Bonchev–Trinajstić information content (AvgIpc) is 2.65. The van der Waals surface area contributed by atoms with Crippen LogP contribution in [0.1, 0.15) is 22.2 Å². The first-order valence-electron chi connectivity index (χ1n) is 4.84. The van der Waals surface area contributed by atoms with Crippen molar-refractivity contribution in [2.45, 2.75) is 13.8 Å². The van der Waals surface area contributed by atoms with E-state index in [1.54, 1.807) is 18.3 Å². The lowest BCUT2D eigenvalue weighted by Gasteiger charge is -2.03. The summed E-state index contributed by atoms with van der Waals surface area (Å²) < 4.78 is 0. The molecule has 0 spiro atoms. The molecule has 0 bridgehead atoms. The zero-order valence-corrected chi connectivity index (χ0v) is 9.60. The third kappa shape index (κ3) is 2.00. The Balaban J connectivity index is 2.57. The van der Waals surface area contributed by atoms with E-state index in [1.165, 1.54) is 4.88 Å². The highest BCUT2D eigenvalue weighted by Crippen LogP contribution is 2.28. The van der Waals surface area contributed by atoms with Gasteiger partial charge in [-0.15, -0.1) is 11.3 Å². The molecule has 0 aliphatic carbocycles. The first-order valence-corrected chi connectivity index (χ1v) is 5.72.